The first-order valence-electron chi connectivity index (χ1n) is 8.51. The number of ketones is 2. The van der Waals surface area contributed by atoms with Gasteiger partial charge < -0.3 is 15.4 Å². The summed E-state index contributed by atoms with van der Waals surface area (Å²) < 4.78 is 5.48. The molecular weight excluding hydrogens is 281 g/mol. The number of hydrogen-bond donors (Lipinski definition) is 2. The Morgan fingerprint density at radius 1 is 1.23 bits per heavy atom. The van der Waals surface area contributed by atoms with E-state index in [1.54, 1.807) is 0 Å². The zero-order chi connectivity index (χ0) is 16.2. The molecule has 0 radical (unpaired) electrons. The van der Waals surface area contributed by atoms with Crippen molar-refractivity contribution in [3.63, 3.8) is 0 Å². The van der Waals surface area contributed by atoms with Crippen molar-refractivity contribution in [1.29, 1.82) is 0 Å². The highest BCUT2D eigenvalue weighted by Crippen LogP contribution is 2.34. The van der Waals surface area contributed by atoms with Crippen LogP contribution in [0.1, 0.15) is 71.1 Å². The number of Topliss-reactive ketones (excluding diaryl/α,β-unsaturated/α-hetero) is 2. The molecule has 0 bridgehead atoms. The van der Waals surface area contributed by atoms with E-state index in [9.17, 15) is 14.6 Å². The molecule has 22 heavy (non-hydrogen) atoms. The van der Waals surface area contributed by atoms with Gasteiger partial charge in [-0.1, -0.05) is 19.3 Å². The molecule has 2 atom stereocenters. The van der Waals surface area contributed by atoms with E-state index in [0.29, 0.717) is 19.3 Å². The van der Waals surface area contributed by atoms with Crippen LogP contribution in [0, 0.1) is 0 Å². The lowest BCUT2D eigenvalue weighted by Crippen LogP contribution is -2.44. The highest BCUT2D eigenvalue weighted by atomic mass is 16.5. The number of hydrogen-bond acceptors (Lipinski definition) is 5. The fraction of sp³-hybridized carbons (Fsp3) is 0.875. The molecule has 2 aliphatic rings. The summed E-state index contributed by atoms with van der Waals surface area (Å²) >= 11 is 0. The number of carbonyl (C=O) groups excluding carboxylic acids is 2. The molecule has 0 amide bonds. The smallest absolute Gasteiger partial charge is 0.427 e. The maximum absolute atomic E-state index is 12.3. The van der Waals surface area contributed by atoms with Gasteiger partial charge in [0.1, 0.15) is 11.6 Å². The Morgan fingerprint density at radius 2 is 1.91 bits per heavy atom. The van der Waals surface area contributed by atoms with Crippen molar-refractivity contribution in [2.75, 3.05) is 0 Å². The minimum Gasteiger partial charge on any atom is -0.427 e. The number of carbonyl (C=O) groups is 2. The van der Waals surface area contributed by atoms with Gasteiger partial charge in [-0.05, 0) is 32.6 Å². The van der Waals surface area contributed by atoms with Crippen molar-refractivity contribution in [1.82, 2.24) is 0 Å². The molecule has 0 aromatic heterocycles. The molecule has 2 rings (SSSR count). The second-order valence-electron chi connectivity index (χ2n) is 7.23. The fourth-order valence-electron chi connectivity index (χ4n) is 3.78. The second-order valence-corrected chi connectivity index (χ2v) is 7.23. The van der Waals surface area contributed by atoms with Gasteiger partial charge in [0.15, 0.2) is 0 Å². The Morgan fingerprint density at radius 3 is 2.50 bits per heavy atom. The van der Waals surface area contributed by atoms with Gasteiger partial charge in [-0.2, -0.15) is 0 Å². The Kier molecular flexibility index (Phi) is 6.18. The van der Waals surface area contributed by atoms with E-state index in [1.165, 1.54) is 13.3 Å². The molecule has 1 heterocycles. The zero-order valence-electron chi connectivity index (χ0n) is 13.6. The molecule has 1 saturated heterocycles. The summed E-state index contributed by atoms with van der Waals surface area (Å²) in [4.78, 5) is 23.4. The van der Waals surface area contributed by atoms with Crippen LogP contribution in [0.3, 0.4) is 0 Å². The average molecular weight is 309 g/mol. The maximum atomic E-state index is 12.3. The molecule has 0 aromatic rings. The van der Waals surface area contributed by atoms with E-state index in [4.69, 9.17) is 10.4 Å². The first-order chi connectivity index (χ1) is 10.4. The molecule has 1 saturated carbocycles. The van der Waals surface area contributed by atoms with Crippen LogP contribution in [-0.4, -0.2) is 35.4 Å². The Balaban J connectivity index is 1.78. The van der Waals surface area contributed by atoms with Gasteiger partial charge in [0.25, 0.3) is 0 Å². The Hall–Kier alpha value is -0.715. The van der Waals surface area contributed by atoms with Gasteiger partial charge in [-0.25, -0.2) is 0 Å². The Labute approximate surface area is 133 Å². The van der Waals surface area contributed by atoms with Crippen LogP contribution in [-0.2, 0) is 14.2 Å². The second kappa shape index (κ2) is 7.71. The summed E-state index contributed by atoms with van der Waals surface area (Å²) in [5.74, 6) is 0.0269. The highest BCUT2D eigenvalue weighted by molar-refractivity contribution is 6.45. The van der Waals surface area contributed by atoms with E-state index in [2.05, 4.69) is 0 Å². The summed E-state index contributed by atoms with van der Waals surface area (Å²) in [5.41, 5.74) is 5.98. The topological polar surface area (TPSA) is 89.6 Å². The van der Waals surface area contributed by atoms with E-state index < -0.39 is 7.12 Å². The SMILES string of the molecule is CC(=O)C[C@@H]1CC[C@H](CC(=O)CC2(N)CCCCC2)B(O)O1. The molecule has 0 spiro atoms. The zero-order valence-corrected chi connectivity index (χ0v) is 13.6. The van der Waals surface area contributed by atoms with Gasteiger partial charge in [-0.15, -0.1) is 0 Å². The summed E-state index contributed by atoms with van der Waals surface area (Å²) in [5, 5.41) is 10.1. The summed E-state index contributed by atoms with van der Waals surface area (Å²) in [6, 6.07) is 0. The van der Waals surface area contributed by atoms with Crippen LogP contribution < -0.4 is 5.73 Å². The normalized spacial score (nSPS) is 28.4. The van der Waals surface area contributed by atoms with E-state index in [-0.39, 0.29) is 29.0 Å². The van der Waals surface area contributed by atoms with Crippen LogP contribution in [0.25, 0.3) is 0 Å². The highest BCUT2D eigenvalue weighted by Gasteiger charge is 2.38. The Bertz CT molecular complexity index is 409. The van der Waals surface area contributed by atoms with Crippen molar-refractivity contribution in [2.45, 2.75) is 88.6 Å². The largest absolute Gasteiger partial charge is 0.458 e. The molecule has 0 unspecified atom stereocenters. The quantitative estimate of drug-likeness (QED) is 0.733. The summed E-state index contributed by atoms with van der Waals surface area (Å²) in [6.07, 6.45) is 7.57. The lowest BCUT2D eigenvalue weighted by Gasteiger charge is -2.34. The predicted octanol–water partition coefficient (Wildman–Crippen LogP) is 2.01. The third-order valence-corrected chi connectivity index (χ3v) is 5.00. The van der Waals surface area contributed by atoms with Gasteiger partial charge in [0.2, 0.25) is 0 Å². The van der Waals surface area contributed by atoms with Crippen molar-refractivity contribution in [2.24, 2.45) is 5.73 Å². The van der Waals surface area contributed by atoms with Crippen molar-refractivity contribution < 1.29 is 19.3 Å². The molecule has 1 aliphatic heterocycles. The molecule has 1 aliphatic carbocycles. The van der Waals surface area contributed by atoms with Gasteiger partial charge in [0, 0.05) is 36.7 Å². The molecular formula is C16H28BNO4. The molecule has 5 nitrogen and oxygen atoms in total. The fourth-order valence-corrected chi connectivity index (χ4v) is 3.78. The third-order valence-electron chi connectivity index (χ3n) is 5.00. The van der Waals surface area contributed by atoms with E-state index in [1.807, 2.05) is 0 Å². The molecule has 2 fully saturated rings. The lowest BCUT2D eigenvalue weighted by molar-refractivity contribution is -0.122. The van der Waals surface area contributed by atoms with Crippen LogP contribution in [0.4, 0.5) is 0 Å². The molecule has 6 heteroatoms. The average Bonchev–Trinajstić information content (AvgIpc) is 2.41. The number of rotatable bonds is 6. The first kappa shape index (κ1) is 17.6. The minimum absolute atomic E-state index is 0.0640. The predicted molar refractivity (Wildman–Crippen MR) is 85.4 cm³/mol. The van der Waals surface area contributed by atoms with Gasteiger partial charge in [-0.3, -0.25) is 9.59 Å². The monoisotopic (exact) mass is 309 g/mol. The van der Waals surface area contributed by atoms with Crippen molar-refractivity contribution in [3.8, 4) is 0 Å². The van der Waals surface area contributed by atoms with Crippen LogP contribution >= 0.6 is 0 Å². The van der Waals surface area contributed by atoms with Crippen LogP contribution in [0.5, 0.6) is 0 Å². The summed E-state index contributed by atoms with van der Waals surface area (Å²) in [7, 11) is -0.942. The standard InChI is InChI=1S/C16H28BNO4/c1-12(19)9-15-6-5-13(17(21)22-15)10-14(20)11-16(18)7-3-2-4-8-16/h13,15,21H,2-11,18H2,1H3/t13-,15+/m1/s1. The first-order valence-corrected chi connectivity index (χ1v) is 8.51. The van der Waals surface area contributed by atoms with Crippen LogP contribution in [0.15, 0.2) is 0 Å². The molecule has 0 aromatic carbocycles. The van der Waals surface area contributed by atoms with E-state index in [0.717, 1.165) is 38.5 Å². The van der Waals surface area contributed by atoms with Crippen LogP contribution in [0.2, 0.25) is 5.82 Å². The van der Waals surface area contributed by atoms with Gasteiger partial charge in [0.05, 0.1) is 0 Å². The molecule has 124 valence electrons. The molecule has 3 N–H and O–H groups in total. The minimum atomic E-state index is -0.942. The van der Waals surface area contributed by atoms with E-state index >= 15 is 0 Å². The maximum Gasteiger partial charge on any atom is 0.458 e. The van der Waals surface area contributed by atoms with Crippen molar-refractivity contribution >= 4 is 18.7 Å². The lowest BCUT2D eigenvalue weighted by atomic mass is 9.63. The van der Waals surface area contributed by atoms with Gasteiger partial charge >= 0.3 is 7.12 Å². The van der Waals surface area contributed by atoms with Crippen molar-refractivity contribution in [3.05, 3.63) is 0 Å². The number of nitrogens with two attached hydrogens (primary N) is 1. The summed E-state index contributed by atoms with van der Waals surface area (Å²) in [6.45, 7) is 1.52. The third kappa shape index (κ3) is 5.18.